The van der Waals surface area contributed by atoms with Gasteiger partial charge in [0, 0.05) is 18.3 Å². The largest absolute Gasteiger partial charge is 0.352 e. The van der Waals surface area contributed by atoms with Gasteiger partial charge < -0.3 is 21.7 Å². The predicted octanol–water partition coefficient (Wildman–Crippen LogP) is 0.791. The number of carbonyl (C=O) groups excluding carboxylic acids is 2. The zero-order valence-electron chi connectivity index (χ0n) is 11.2. The molecule has 0 unspecified atom stereocenters. The molecule has 1 aromatic carbocycles. The molecule has 104 valence electrons. The summed E-state index contributed by atoms with van der Waals surface area (Å²) in [7, 11) is 0. The van der Waals surface area contributed by atoms with E-state index in [0.29, 0.717) is 12.2 Å². The molecule has 0 aliphatic rings. The molecule has 0 saturated carbocycles. The van der Waals surface area contributed by atoms with Crippen molar-refractivity contribution >= 4 is 17.6 Å². The number of carbonyl (C=O) groups is 2. The summed E-state index contributed by atoms with van der Waals surface area (Å²) < 4.78 is 0. The van der Waals surface area contributed by atoms with Gasteiger partial charge in [-0.1, -0.05) is 12.1 Å². The molecule has 0 radical (unpaired) electrons. The van der Waals surface area contributed by atoms with Crippen LogP contribution in [0.4, 0.5) is 10.5 Å². The zero-order chi connectivity index (χ0) is 14.3. The van der Waals surface area contributed by atoms with Gasteiger partial charge in [0.1, 0.15) is 0 Å². The van der Waals surface area contributed by atoms with Crippen LogP contribution in [-0.2, 0) is 11.3 Å². The van der Waals surface area contributed by atoms with Gasteiger partial charge in [0.2, 0.25) is 5.91 Å². The Bertz CT molecular complexity index is 446. The van der Waals surface area contributed by atoms with E-state index in [0.717, 1.165) is 5.56 Å². The van der Waals surface area contributed by atoms with Crippen molar-refractivity contribution in [1.82, 2.24) is 10.6 Å². The van der Waals surface area contributed by atoms with Crippen LogP contribution in [0.2, 0.25) is 0 Å². The van der Waals surface area contributed by atoms with Crippen molar-refractivity contribution in [2.45, 2.75) is 26.4 Å². The van der Waals surface area contributed by atoms with E-state index in [4.69, 9.17) is 5.73 Å². The lowest BCUT2D eigenvalue weighted by molar-refractivity contribution is -0.120. The minimum Gasteiger partial charge on any atom is -0.352 e. The van der Waals surface area contributed by atoms with Crippen molar-refractivity contribution in [2.24, 2.45) is 5.73 Å². The molecule has 0 aromatic heterocycles. The maximum atomic E-state index is 11.6. The summed E-state index contributed by atoms with van der Waals surface area (Å²) in [6.45, 7) is 4.07. The van der Waals surface area contributed by atoms with Crippen LogP contribution in [0, 0.1) is 0 Å². The predicted molar refractivity (Wildman–Crippen MR) is 74.6 cm³/mol. The first-order valence-electron chi connectivity index (χ1n) is 6.14. The first-order valence-corrected chi connectivity index (χ1v) is 6.14. The molecule has 0 spiro atoms. The molecular weight excluding hydrogens is 244 g/mol. The number of nitrogens with one attached hydrogen (secondary N) is 3. The Morgan fingerprint density at radius 1 is 1.32 bits per heavy atom. The highest BCUT2D eigenvalue weighted by Crippen LogP contribution is 2.09. The molecule has 6 nitrogen and oxygen atoms in total. The Balaban J connectivity index is 2.40. The number of amides is 3. The molecule has 0 saturated heterocycles. The van der Waals surface area contributed by atoms with Gasteiger partial charge in [-0.3, -0.25) is 4.79 Å². The van der Waals surface area contributed by atoms with Gasteiger partial charge in [0.15, 0.2) is 0 Å². The second-order valence-electron chi connectivity index (χ2n) is 4.43. The number of rotatable bonds is 5. The number of anilines is 1. The minimum atomic E-state index is -0.423. The SMILES string of the molecule is CC(C)NC(=O)CNC(=O)Nc1cccc(CN)c1. The van der Waals surface area contributed by atoms with Gasteiger partial charge >= 0.3 is 6.03 Å². The molecular formula is C13H20N4O2. The van der Waals surface area contributed by atoms with Crippen molar-refractivity contribution < 1.29 is 9.59 Å². The normalized spacial score (nSPS) is 10.1. The summed E-state index contributed by atoms with van der Waals surface area (Å²) in [4.78, 5) is 22.9. The lowest BCUT2D eigenvalue weighted by Crippen LogP contribution is -2.41. The van der Waals surface area contributed by atoms with Crippen molar-refractivity contribution in [3.8, 4) is 0 Å². The molecule has 5 N–H and O–H groups in total. The Kier molecular flexibility index (Phi) is 5.81. The van der Waals surface area contributed by atoms with E-state index in [-0.39, 0.29) is 18.5 Å². The third kappa shape index (κ3) is 5.87. The lowest BCUT2D eigenvalue weighted by atomic mass is 10.2. The van der Waals surface area contributed by atoms with Crippen LogP contribution in [0.3, 0.4) is 0 Å². The van der Waals surface area contributed by atoms with Crippen molar-refractivity contribution in [3.05, 3.63) is 29.8 Å². The molecule has 19 heavy (non-hydrogen) atoms. The van der Waals surface area contributed by atoms with Gasteiger partial charge in [-0.15, -0.1) is 0 Å². The average molecular weight is 264 g/mol. The molecule has 1 rings (SSSR count). The second kappa shape index (κ2) is 7.38. The third-order valence-electron chi connectivity index (χ3n) is 2.28. The zero-order valence-corrected chi connectivity index (χ0v) is 11.2. The van der Waals surface area contributed by atoms with Gasteiger partial charge in [-0.2, -0.15) is 0 Å². The molecule has 3 amide bonds. The van der Waals surface area contributed by atoms with Crippen LogP contribution in [-0.4, -0.2) is 24.5 Å². The van der Waals surface area contributed by atoms with E-state index in [1.807, 2.05) is 26.0 Å². The fourth-order valence-corrected chi connectivity index (χ4v) is 1.48. The monoisotopic (exact) mass is 264 g/mol. The van der Waals surface area contributed by atoms with E-state index in [1.165, 1.54) is 0 Å². The van der Waals surface area contributed by atoms with Crippen LogP contribution in [0.1, 0.15) is 19.4 Å². The van der Waals surface area contributed by atoms with Gasteiger partial charge in [-0.05, 0) is 31.5 Å². The maximum absolute atomic E-state index is 11.6. The average Bonchev–Trinajstić information content (AvgIpc) is 2.36. The van der Waals surface area contributed by atoms with Crippen molar-refractivity contribution in [2.75, 3.05) is 11.9 Å². The number of nitrogens with two attached hydrogens (primary N) is 1. The summed E-state index contributed by atoms with van der Waals surface area (Å²) in [5.74, 6) is -0.221. The van der Waals surface area contributed by atoms with Crippen molar-refractivity contribution in [1.29, 1.82) is 0 Å². The lowest BCUT2D eigenvalue weighted by Gasteiger charge is -2.10. The summed E-state index contributed by atoms with van der Waals surface area (Å²) in [6, 6.07) is 6.86. The number of hydrogen-bond acceptors (Lipinski definition) is 3. The standard InChI is InChI=1S/C13H20N4O2/c1-9(2)16-12(18)8-15-13(19)17-11-5-3-4-10(6-11)7-14/h3-6,9H,7-8,14H2,1-2H3,(H,16,18)(H2,15,17,19). The Labute approximate surface area is 112 Å². The van der Waals surface area contributed by atoms with Crippen molar-refractivity contribution in [3.63, 3.8) is 0 Å². The quantitative estimate of drug-likeness (QED) is 0.633. The summed E-state index contributed by atoms with van der Waals surface area (Å²) >= 11 is 0. The molecule has 0 heterocycles. The van der Waals surface area contributed by atoms with Crippen LogP contribution in [0.15, 0.2) is 24.3 Å². The molecule has 0 atom stereocenters. The number of benzene rings is 1. The van der Waals surface area contributed by atoms with Crippen LogP contribution >= 0.6 is 0 Å². The molecule has 6 heteroatoms. The van der Waals surface area contributed by atoms with E-state index < -0.39 is 6.03 Å². The summed E-state index contributed by atoms with van der Waals surface area (Å²) in [5.41, 5.74) is 7.08. The first-order chi connectivity index (χ1) is 9.01. The molecule has 1 aromatic rings. The second-order valence-corrected chi connectivity index (χ2v) is 4.43. The van der Waals surface area contributed by atoms with Gasteiger partial charge in [-0.25, -0.2) is 4.79 Å². The van der Waals surface area contributed by atoms with Gasteiger partial charge in [0.25, 0.3) is 0 Å². The van der Waals surface area contributed by atoms with Crippen LogP contribution in [0.25, 0.3) is 0 Å². The Morgan fingerprint density at radius 3 is 2.68 bits per heavy atom. The summed E-state index contributed by atoms with van der Waals surface area (Å²) in [5, 5.41) is 7.80. The van der Waals surface area contributed by atoms with E-state index in [9.17, 15) is 9.59 Å². The topological polar surface area (TPSA) is 96.2 Å². The van der Waals surface area contributed by atoms with E-state index >= 15 is 0 Å². The third-order valence-corrected chi connectivity index (χ3v) is 2.28. The Morgan fingerprint density at radius 2 is 2.05 bits per heavy atom. The highest BCUT2D eigenvalue weighted by molar-refractivity contribution is 5.92. The molecule has 0 bridgehead atoms. The number of urea groups is 1. The molecule has 0 aliphatic heterocycles. The van der Waals surface area contributed by atoms with Crippen LogP contribution < -0.4 is 21.7 Å². The van der Waals surface area contributed by atoms with Crippen LogP contribution in [0.5, 0.6) is 0 Å². The van der Waals surface area contributed by atoms with E-state index in [2.05, 4.69) is 16.0 Å². The number of hydrogen-bond donors (Lipinski definition) is 4. The Hall–Kier alpha value is -2.08. The summed E-state index contributed by atoms with van der Waals surface area (Å²) in [6.07, 6.45) is 0. The maximum Gasteiger partial charge on any atom is 0.319 e. The highest BCUT2D eigenvalue weighted by atomic mass is 16.2. The van der Waals surface area contributed by atoms with E-state index in [1.54, 1.807) is 12.1 Å². The smallest absolute Gasteiger partial charge is 0.319 e. The molecule has 0 aliphatic carbocycles. The minimum absolute atomic E-state index is 0.0543. The first kappa shape index (κ1) is 15.0. The highest BCUT2D eigenvalue weighted by Gasteiger charge is 2.06. The fraction of sp³-hybridized carbons (Fsp3) is 0.385. The van der Waals surface area contributed by atoms with Gasteiger partial charge in [0.05, 0.1) is 6.54 Å². The molecule has 0 fully saturated rings. The fourth-order valence-electron chi connectivity index (χ4n) is 1.48.